The molecule has 0 radical (unpaired) electrons. The summed E-state index contributed by atoms with van der Waals surface area (Å²) in [6.45, 7) is 0.133. The standard InChI is InChI=1S/C16H14N2O/c1-2-12-3-5-13(6-4-12)14-7-9-15(10-8-14)16(19)18-11-17/h1,3-10H,11,17H2,(H,18,19). The maximum Gasteiger partial charge on any atom is 0.252 e. The molecule has 0 heterocycles. The van der Waals surface area contributed by atoms with Gasteiger partial charge in [-0.15, -0.1) is 6.42 Å². The van der Waals surface area contributed by atoms with Gasteiger partial charge in [0.25, 0.3) is 5.91 Å². The summed E-state index contributed by atoms with van der Waals surface area (Å²) in [6.07, 6.45) is 5.32. The number of nitrogens with one attached hydrogen (secondary N) is 1. The lowest BCUT2D eigenvalue weighted by Crippen LogP contribution is -2.29. The van der Waals surface area contributed by atoms with Crippen LogP contribution in [-0.4, -0.2) is 12.6 Å². The van der Waals surface area contributed by atoms with Crippen molar-refractivity contribution < 1.29 is 4.79 Å². The highest BCUT2D eigenvalue weighted by atomic mass is 16.1. The third-order valence-corrected chi connectivity index (χ3v) is 2.79. The van der Waals surface area contributed by atoms with Gasteiger partial charge in [0.15, 0.2) is 0 Å². The minimum atomic E-state index is -0.170. The van der Waals surface area contributed by atoms with Gasteiger partial charge in [-0.3, -0.25) is 4.79 Å². The van der Waals surface area contributed by atoms with E-state index in [0.29, 0.717) is 5.56 Å². The molecule has 0 aliphatic rings. The van der Waals surface area contributed by atoms with Gasteiger partial charge < -0.3 is 11.1 Å². The third-order valence-electron chi connectivity index (χ3n) is 2.79. The molecular formula is C16H14N2O. The molecule has 0 aliphatic heterocycles. The maximum absolute atomic E-state index is 11.6. The molecule has 0 bridgehead atoms. The smallest absolute Gasteiger partial charge is 0.252 e. The zero-order valence-electron chi connectivity index (χ0n) is 10.4. The van der Waals surface area contributed by atoms with Gasteiger partial charge in [-0.1, -0.05) is 30.2 Å². The molecule has 2 rings (SSSR count). The van der Waals surface area contributed by atoms with Crippen LogP contribution in [0, 0.1) is 12.3 Å². The van der Waals surface area contributed by atoms with Crippen LogP contribution in [-0.2, 0) is 0 Å². The first-order valence-electron chi connectivity index (χ1n) is 5.90. The molecule has 94 valence electrons. The van der Waals surface area contributed by atoms with Crippen molar-refractivity contribution in [1.29, 1.82) is 0 Å². The summed E-state index contributed by atoms with van der Waals surface area (Å²) in [5.41, 5.74) is 8.80. The molecular weight excluding hydrogens is 236 g/mol. The van der Waals surface area contributed by atoms with Crippen molar-refractivity contribution in [1.82, 2.24) is 5.32 Å². The fourth-order valence-electron chi connectivity index (χ4n) is 1.77. The highest BCUT2D eigenvalue weighted by molar-refractivity contribution is 5.94. The van der Waals surface area contributed by atoms with E-state index in [2.05, 4.69) is 11.2 Å². The Kier molecular flexibility index (Phi) is 3.97. The number of hydrogen-bond donors (Lipinski definition) is 2. The van der Waals surface area contributed by atoms with Gasteiger partial charge in [0.05, 0.1) is 6.67 Å². The SMILES string of the molecule is C#Cc1ccc(-c2ccc(C(=O)NCN)cc2)cc1. The molecule has 0 aromatic heterocycles. The normalized spacial score (nSPS) is 9.68. The van der Waals surface area contributed by atoms with Crippen LogP contribution < -0.4 is 11.1 Å². The Balaban J connectivity index is 2.22. The van der Waals surface area contributed by atoms with Gasteiger partial charge in [-0.2, -0.15) is 0 Å². The minimum absolute atomic E-state index is 0.133. The summed E-state index contributed by atoms with van der Waals surface area (Å²) >= 11 is 0. The Labute approximate surface area is 112 Å². The van der Waals surface area contributed by atoms with E-state index in [9.17, 15) is 4.79 Å². The lowest BCUT2D eigenvalue weighted by atomic mass is 10.0. The van der Waals surface area contributed by atoms with Crippen LogP contribution >= 0.6 is 0 Å². The molecule has 0 unspecified atom stereocenters. The van der Waals surface area contributed by atoms with E-state index in [1.807, 2.05) is 36.4 Å². The van der Waals surface area contributed by atoms with Crippen LogP contribution in [0.15, 0.2) is 48.5 Å². The highest BCUT2D eigenvalue weighted by Crippen LogP contribution is 2.20. The first-order valence-corrected chi connectivity index (χ1v) is 5.90. The van der Waals surface area contributed by atoms with E-state index in [0.717, 1.165) is 16.7 Å². The van der Waals surface area contributed by atoms with Crippen molar-refractivity contribution in [2.24, 2.45) is 5.73 Å². The zero-order chi connectivity index (χ0) is 13.7. The molecule has 1 amide bonds. The average Bonchev–Trinajstić information content (AvgIpc) is 2.48. The summed E-state index contributed by atoms with van der Waals surface area (Å²) < 4.78 is 0. The van der Waals surface area contributed by atoms with Crippen molar-refractivity contribution in [3.63, 3.8) is 0 Å². The quantitative estimate of drug-likeness (QED) is 0.646. The molecule has 3 N–H and O–H groups in total. The van der Waals surface area contributed by atoms with Gasteiger partial charge in [0.1, 0.15) is 0 Å². The van der Waals surface area contributed by atoms with Gasteiger partial charge in [-0.25, -0.2) is 0 Å². The minimum Gasteiger partial charge on any atom is -0.340 e. The predicted octanol–water partition coefficient (Wildman–Crippen LogP) is 1.98. The molecule has 0 saturated carbocycles. The van der Waals surface area contributed by atoms with Gasteiger partial charge in [0.2, 0.25) is 0 Å². The van der Waals surface area contributed by atoms with Crippen molar-refractivity contribution in [2.45, 2.75) is 0 Å². The summed E-state index contributed by atoms with van der Waals surface area (Å²) in [4.78, 5) is 11.6. The fourth-order valence-corrected chi connectivity index (χ4v) is 1.77. The number of benzene rings is 2. The fraction of sp³-hybridized carbons (Fsp3) is 0.0625. The average molecular weight is 250 g/mol. The number of carbonyl (C=O) groups excluding carboxylic acids is 1. The number of hydrogen-bond acceptors (Lipinski definition) is 2. The first-order chi connectivity index (χ1) is 9.24. The Morgan fingerprint density at radius 2 is 1.58 bits per heavy atom. The van der Waals surface area contributed by atoms with E-state index >= 15 is 0 Å². The predicted molar refractivity (Wildman–Crippen MR) is 76.3 cm³/mol. The molecule has 2 aromatic carbocycles. The number of carbonyl (C=O) groups is 1. The number of amides is 1. The monoisotopic (exact) mass is 250 g/mol. The summed E-state index contributed by atoms with van der Waals surface area (Å²) in [5, 5.41) is 2.55. The van der Waals surface area contributed by atoms with Crippen LogP contribution in [0.5, 0.6) is 0 Å². The Hall–Kier alpha value is -2.57. The molecule has 0 fully saturated rings. The van der Waals surface area contributed by atoms with Crippen LogP contribution in [0.4, 0.5) is 0 Å². The van der Waals surface area contributed by atoms with E-state index in [1.165, 1.54) is 0 Å². The van der Waals surface area contributed by atoms with Crippen LogP contribution in [0.1, 0.15) is 15.9 Å². The van der Waals surface area contributed by atoms with E-state index in [4.69, 9.17) is 12.2 Å². The zero-order valence-corrected chi connectivity index (χ0v) is 10.4. The number of nitrogens with two attached hydrogens (primary N) is 1. The maximum atomic E-state index is 11.6. The first kappa shape index (κ1) is 12.9. The van der Waals surface area contributed by atoms with Crippen molar-refractivity contribution in [3.05, 3.63) is 59.7 Å². The van der Waals surface area contributed by atoms with Crippen molar-refractivity contribution >= 4 is 5.91 Å². The molecule has 0 aliphatic carbocycles. The molecule has 0 atom stereocenters. The Bertz CT molecular complexity index is 607. The Morgan fingerprint density at radius 3 is 2.05 bits per heavy atom. The summed E-state index contributed by atoms with van der Waals surface area (Å²) in [5.74, 6) is 2.41. The molecule has 2 aromatic rings. The molecule has 0 spiro atoms. The van der Waals surface area contributed by atoms with Gasteiger partial charge in [-0.05, 0) is 35.4 Å². The van der Waals surface area contributed by atoms with Crippen molar-refractivity contribution in [2.75, 3.05) is 6.67 Å². The summed E-state index contributed by atoms with van der Waals surface area (Å²) in [6, 6.07) is 15.1. The second kappa shape index (κ2) is 5.85. The van der Waals surface area contributed by atoms with Gasteiger partial charge in [0, 0.05) is 11.1 Å². The van der Waals surface area contributed by atoms with Crippen molar-refractivity contribution in [3.8, 4) is 23.5 Å². The van der Waals surface area contributed by atoms with E-state index in [1.54, 1.807) is 12.1 Å². The largest absolute Gasteiger partial charge is 0.340 e. The van der Waals surface area contributed by atoms with Crippen LogP contribution in [0.25, 0.3) is 11.1 Å². The molecule has 0 saturated heterocycles. The molecule has 3 nitrogen and oxygen atoms in total. The van der Waals surface area contributed by atoms with E-state index < -0.39 is 0 Å². The Morgan fingerprint density at radius 1 is 1.05 bits per heavy atom. The number of rotatable bonds is 3. The topological polar surface area (TPSA) is 55.1 Å². The summed E-state index contributed by atoms with van der Waals surface area (Å²) in [7, 11) is 0. The second-order valence-corrected chi connectivity index (χ2v) is 4.01. The third kappa shape index (κ3) is 3.01. The second-order valence-electron chi connectivity index (χ2n) is 4.01. The lowest BCUT2D eigenvalue weighted by molar-refractivity contribution is 0.0955. The molecule has 19 heavy (non-hydrogen) atoms. The van der Waals surface area contributed by atoms with Gasteiger partial charge >= 0.3 is 0 Å². The number of terminal acetylenes is 1. The van der Waals surface area contributed by atoms with Crippen LogP contribution in [0.2, 0.25) is 0 Å². The lowest BCUT2D eigenvalue weighted by Gasteiger charge is -2.05. The molecule has 3 heteroatoms. The van der Waals surface area contributed by atoms with Crippen LogP contribution in [0.3, 0.4) is 0 Å². The highest BCUT2D eigenvalue weighted by Gasteiger charge is 2.04. The van der Waals surface area contributed by atoms with E-state index in [-0.39, 0.29) is 12.6 Å².